The molecule has 0 aromatic heterocycles. The van der Waals surface area contributed by atoms with E-state index in [1.54, 1.807) is 7.11 Å². The van der Waals surface area contributed by atoms with E-state index in [0.29, 0.717) is 6.61 Å². The van der Waals surface area contributed by atoms with E-state index in [1.165, 1.54) is 0 Å². The summed E-state index contributed by atoms with van der Waals surface area (Å²) in [6.45, 7) is 1.33. The number of benzene rings is 5. The summed E-state index contributed by atoms with van der Waals surface area (Å²) in [5.74, 6) is -0.502. The van der Waals surface area contributed by atoms with Crippen molar-refractivity contribution in [2.75, 3.05) is 20.3 Å². The number of hydrogen-bond acceptors (Lipinski definition) is 10. The number of hydrogen-bond donors (Lipinski definition) is 2. The van der Waals surface area contributed by atoms with E-state index >= 15 is 0 Å². The molecule has 0 unspecified atom stereocenters. The SMILES string of the molecule is CO[C@H]1O[C@H](CO)[C@@H](C[C@H]2O[C@H](COCc3ccccc3)[C@@H](OCc3ccccc3)[C@H](OCc3ccccc3)[C@H]2O)[C@H](OCc2ccccc2)[C@H]1OCc1ccccc1. The monoisotopic (exact) mass is 804 g/mol. The first-order valence-corrected chi connectivity index (χ1v) is 20.5. The van der Waals surface area contributed by atoms with Gasteiger partial charge in [-0.15, -0.1) is 0 Å². The molecule has 5 aromatic rings. The molecule has 2 N–H and O–H groups in total. The Hall–Kier alpha value is -4.30. The van der Waals surface area contributed by atoms with Crippen LogP contribution in [0.2, 0.25) is 0 Å². The van der Waals surface area contributed by atoms with Gasteiger partial charge in [0.1, 0.15) is 30.5 Å². The molecule has 0 bridgehead atoms. The van der Waals surface area contributed by atoms with E-state index < -0.39 is 61.0 Å². The Morgan fingerprint density at radius 1 is 0.458 bits per heavy atom. The average Bonchev–Trinajstić information content (AvgIpc) is 3.29. The van der Waals surface area contributed by atoms with Crippen LogP contribution in [0.1, 0.15) is 34.2 Å². The minimum Gasteiger partial charge on any atom is -0.394 e. The van der Waals surface area contributed by atoms with Gasteiger partial charge in [0.05, 0.1) is 64.6 Å². The molecule has 7 rings (SSSR count). The van der Waals surface area contributed by atoms with Crippen LogP contribution in [0.25, 0.3) is 0 Å². The standard InChI is InChI=1S/C49H56O10/c1-52-49-48(57-33-39-25-15-6-16-26-39)45(54-30-36-19-9-3-10-20-36)40(42(28-50)59-49)27-41-44(51)47(56-32-38-23-13-5-14-24-38)46(55-31-37-21-11-4-12-22-37)43(58-41)34-53-29-35-17-7-2-8-18-35/h2-26,40-51H,27-34H2,1H3/t40-,41-,42-,43-,44+,45+,46-,47-,48-,49+/m1/s1. The van der Waals surface area contributed by atoms with Gasteiger partial charge in [0.15, 0.2) is 6.29 Å². The highest BCUT2D eigenvalue weighted by Gasteiger charge is 2.52. The maximum atomic E-state index is 12.4. The fourth-order valence-corrected chi connectivity index (χ4v) is 7.93. The molecule has 2 heterocycles. The van der Waals surface area contributed by atoms with E-state index in [1.807, 2.05) is 152 Å². The zero-order valence-corrected chi connectivity index (χ0v) is 33.5. The first-order valence-electron chi connectivity index (χ1n) is 20.5. The molecule has 0 aliphatic carbocycles. The second-order valence-electron chi connectivity index (χ2n) is 15.1. The van der Waals surface area contributed by atoms with Crippen LogP contribution in [-0.2, 0) is 70.9 Å². The molecule has 2 aliphatic heterocycles. The predicted molar refractivity (Wildman–Crippen MR) is 222 cm³/mol. The smallest absolute Gasteiger partial charge is 0.186 e. The Morgan fingerprint density at radius 3 is 1.31 bits per heavy atom. The average molecular weight is 805 g/mol. The van der Waals surface area contributed by atoms with Gasteiger partial charge in [0.2, 0.25) is 0 Å². The molecule has 0 amide bonds. The Labute approximate surface area is 347 Å². The Kier molecular flexibility index (Phi) is 16.2. The van der Waals surface area contributed by atoms with Crippen LogP contribution in [-0.4, -0.2) is 85.7 Å². The fraction of sp³-hybridized carbons (Fsp3) is 0.388. The van der Waals surface area contributed by atoms with Gasteiger partial charge >= 0.3 is 0 Å². The predicted octanol–water partition coefficient (Wildman–Crippen LogP) is 7.04. The molecular formula is C49H56O10. The molecule has 2 fully saturated rings. The van der Waals surface area contributed by atoms with Gasteiger partial charge in [-0.25, -0.2) is 0 Å². The lowest BCUT2D eigenvalue weighted by atomic mass is 9.81. The van der Waals surface area contributed by atoms with E-state index in [2.05, 4.69) is 0 Å². The number of aliphatic hydroxyl groups excluding tert-OH is 2. The molecule has 10 atom stereocenters. The van der Waals surface area contributed by atoms with Crippen molar-refractivity contribution in [2.24, 2.45) is 5.92 Å². The van der Waals surface area contributed by atoms with Crippen LogP contribution < -0.4 is 0 Å². The number of rotatable bonds is 20. The van der Waals surface area contributed by atoms with E-state index in [0.717, 1.165) is 27.8 Å². The van der Waals surface area contributed by atoms with E-state index in [9.17, 15) is 10.2 Å². The highest BCUT2D eigenvalue weighted by molar-refractivity contribution is 5.17. The Balaban J connectivity index is 1.19. The number of ether oxygens (including phenoxy) is 8. The summed E-state index contributed by atoms with van der Waals surface area (Å²) in [6.07, 6.45) is -6.70. The van der Waals surface area contributed by atoms with Crippen molar-refractivity contribution in [2.45, 2.75) is 94.6 Å². The largest absolute Gasteiger partial charge is 0.394 e. The second kappa shape index (κ2) is 22.3. The molecule has 0 spiro atoms. The summed E-state index contributed by atoms with van der Waals surface area (Å²) in [4.78, 5) is 0. The molecule has 0 saturated carbocycles. The molecule has 10 nitrogen and oxygen atoms in total. The minimum absolute atomic E-state index is 0.176. The summed E-state index contributed by atoms with van der Waals surface area (Å²) >= 11 is 0. The van der Waals surface area contributed by atoms with Gasteiger partial charge in [-0.05, 0) is 34.2 Å². The summed E-state index contributed by atoms with van der Waals surface area (Å²) in [5.41, 5.74) is 4.92. The highest BCUT2D eigenvalue weighted by Crippen LogP contribution is 2.39. The Morgan fingerprint density at radius 2 is 0.864 bits per heavy atom. The molecule has 59 heavy (non-hydrogen) atoms. The molecule has 0 radical (unpaired) electrons. The maximum Gasteiger partial charge on any atom is 0.186 e. The lowest BCUT2D eigenvalue weighted by Gasteiger charge is -2.49. The van der Waals surface area contributed by atoms with Crippen LogP contribution in [0.15, 0.2) is 152 Å². The van der Waals surface area contributed by atoms with Crippen LogP contribution in [0.5, 0.6) is 0 Å². The minimum atomic E-state index is -1.14. The maximum absolute atomic E-state index is 12.4. The molecule has 2 saturated heterocycles. The quantitative estimate of drug-likeness (QED) is 0.0850. The summed E-state index contributed by atoms with van der Waals surface area (Å²) in [5, 5.41) is 23.3. The van der Waals surface area contributed by atoms with Crippen LogP contribution in [0, 0.1) is 5.92 Å². The normalized spacial score (nSPS) is 27.0. The molecule has 5 aromatic carbocycles. The lowest BCUT2D eigenvalue weighted by molar-refractivity contribution is -0.313. The van der Waals surface area contributed by atoms with Crippen molar-refractivity contribution in [1.82, 2.24) is 0 Å². The van der Waals surface area contributed by atoms with Crippen molar-refractivity contribution in [3.63, 3.8) is 0 Å². The summed E-state index contributed by atoms with van der Waals surface area (Å²) in [6, 6.07) is 49.5. The zero-order valence-electron chi connectivity index (χ0n) is 33.5. The van der Waals surface area contributed by atoms with Crippen molar-refractivity contribution in [3.8, 4) is 0 Å². The first kappa shape index (κ1) is 42.8. The van der Waals surface area contributed by atoms with Gasteiger partial charge in [0, 0.05) is 13.0 Å². The number of aliphatic hydroxyl groups is 2. The van der Waals surface area contributed by atoms with Gasteiger partial charge < -0.3 is 48.1 Å². The summed E-state index contributed by atoms with van der Waals surface area (Å²) < 4.78 is 52.2. The number of methoxy groups -OCH3 is 1. The van der Waals surface area contributed by atoms with E-state index in [-0.39, 0.29) is 46.1 Å². The zero-order chi connectivity index (χ0) is 40.7. The third kappa shape index (κ3) is 11.9. The van der Waals surface area contributed by atoms with Crippen molar-refractivity contribution in [3.05, 3.63) is 179 Å². The van der Waals surface area contributed by atoms with E-state index in [4.69, 9.17) is 37.9 Å². The molecule has 10 heteroatoms. The highest BCUT2D eigenvalue weighted by atomic mass is 16.7. The van der Waals surface area contributed by atoms with Crippen LogP contribution in [0.3, 0.4) is 0 Å². The first-order chi connectivity index (χ1) is 29.1. The van der Waals surface area contributed by atoms with Gasteiger partial charge in [0.25, 0.3) is 0 Å². The second-order valence-corrected chi connectivity index (χ2v) is 15.1. The third-order valence-electron chi connectivity index (χ3n) is 11.0. The fourth-order valence-electron chi connectivity index (χ4n) is 7.93. The van der Waals surface area contributed by atoms with Crippen LogP contribution >= 0.6 is 0 Å². The van der Waals surface area contributed by atoms with Gasteiger partial charge in [-0.1, -0.05) is 152 Å². The lowest BCUT2D eigenvalue weighted by Crippen LogP contribution is -2.63. The third-order valence-corrected chi connectivity index (χ3v) is 11.0. The van der Waals surface area contributed by atoms with Crippen LogP contribution in [0.4, 0.5) is 0 Å². The van der Waals surface area contributed by atoms with Crippen molar-refractivity contribution in [1.29, 1.82) is 0 Å². The van der Waals surface area contributed by atoms with Crippen molar-refractivity contribution >= 4 is 0 Å². The van der Waals surface area contributed by atoms with Crippen molar-refractivity contribution < 1.29 is 48.1 Å². The summed E-state index contributed by atoms with van der Waals surface area (Å²) in [7, 11) is 1.56. The molecular weight excluding hydrogens is 749 g/mol. The molecule has 312 valence electrons. The Bertz CT molecular complexity index is 1890. The molecule has 2 aliphatic rings. The van der Waals surface area contributed by atoms with Gasteiger partial charge in [-0.2, -0.15) is 0 Å². The van der Waals surface area contributed by atoms with Gasteiger partial charge in [-0.3, -0.25) is 0 Å². The topological polar surface area (TPSA) is 114 Å².